The Labute approximate surface area is 145 Å². The van der Waals surface area contributed by atoms with Crippen molar-refractivity contribution in [3.8, 4) is 11.5 Å². The van der Waals surface area contributed by atoms with Crippen LogP contribution in [0.15, 0.2) is 18.2 Å². The first-order valence-corrected chi connectivity index (χ1v) is 8.93. The molecule has 4 atom stereocenters. The van der Waals surface area contributed by atoms with E-state index in [0.29, 0.717) is 23.7 Å². The Morgan fingerprint density at radius 3 is 2.71 bits per heavy atom. The summed E-state index contributed by atoms with van der Waals surface area (Å²) in [7, 11) is 3.00. The number of carbonyl (C=O) groups is 1. The number of benzene rings is 1. The molecule has 132 valence electrons. The molecule has 1 aliphatic heterocycles. The molecule has 0 aromatic heterocycles. The first kappa shape index (κ1) is 17.4. The fourth-order valence-electron chi connectivity index (χ4n) is 3.54. The van der Waals surface area contributed by atoms with Gasteiger partial charge in [-0.05, 0) is 31.4 Å². The van der Waals surface area contributed by atoms with Crippen LogP contribution in [0.1, 0.15) is 29.6 Å². The first-order chi connectivity index (χ1) is 11.5. The van der Waals surface area contributed by atoms with Gasteiger partial charge in [-0.1, -0.05) is 0 Å². The molecule has 1 aromatic carbocycles. The fourth-order valence-corrected chi connectivity index (χ4v) is 5.17. The number of ether oxygens (including phenoxy) is 3. The van der Waals surface area contributed by atoms with Crippen LogP contribution in [0.2, 0.25) is 0 Å². The minimum Gasteiger partial charge on any atom is -0.497 e. The smallest absolute Gasteiger partial charge is 0.342 e. The van der Waals surface area contributed by atoms with Crippen molar-refractivity contribution >= 4 is 17.7 Å². The van der Waals surface area contributed by atoms with Gasteiger partial charge in [0.05, 0.1) is 25.1 Å². The molecular weight excluding hydrogens is 332 g/mol. The molecule has 1 aromatic rings. The van der Waals surface area contributed by atoms with Crippen molar-refractivity contribution in [1.82, 2.24) is 0 Å². The molecule has 2 fully saturated rings. The monoisotopic (exact) mass is 354 g/mol. The average molecular weight is 354 g/mol. The van der Waals surface area contributed by atoms with Gasteiger partial charge in [-0.2, -0.15) is 0 Å². The summed E-state index contributed by atoms with van der Waals surface area (Å²) in [6, 6.07) is 4.84. The second-order valence-electron chi connectivity index (χ2n) is 6.13. The average Bonchev–Trinajstić information content (AvgIpc) is 3.12. The van der Waals surface area contributed by atoms with E-state index in [1.54, 1.807) is 18.2 Å². The summed E-state index contributed by atoms with van der Waals surface area (Å²) in [4.78, 5) is 12.6. The SMILES string of the molecule is COc1ccc(C(=O)O[C@H]2[C@@H](O)CSC23CCC[C@@H]3O)c(OC)c1. The summed E-state index contributed by atoms with van der Waals surface area (Å²) in [5.41, 5.74) is 0.269. The number of carbonyl (C=O) groups excluding carboxylic acids is 1. The van der Waals surface area contributed by atoms with Crippen LogP contribution >= 0.6 is 11.8 Å². The quantitative estimate of drug-likeness (QED) is 0.795. The lowest BCUT2D eigenvalue weighted by molar-refractivity contribution is -0.0375. The standard InChI is InChI=1S/C17H22O6S/c1-21-10-5-6-11(13(8-10)22-2)16(20)23-15-12(18)9-24-17(15)7-3-4-14(17)19/h5-6,8,12,14-15,18-19H,3-4,7,9H2,1-2H3/t12-,14-,15-,17?/m0/s1. The van der Waals surface area contributed by atoms with E-state index < -0.39 is 29.0 Å². The molecule has 1 heterocycles. The van der Waals surface area contributed by atoms with Crippen LogP contribution < -0.4 is 9.47 Å². The Morgan fingerprint density at radius 1 is 1.29 bits per heavy atom. The highest BCUT2D eigenvalue weighted by Gasteiger charge is 2.57. The van der Waals surface area contributed by atoms with Crippen molar-refractivity contribution in [3.05, 3.63) is 23.8 Å². The summed E-state index contributed by atoms with van der Waals surface area (Å²) >= 11 is 1.50. The van der Waals surface area contributed by atoms with E-state index in [9.17, 15) is 15.0 Å². The summed E-state index contributed by atoms with van der Waals surface area (Å²) in [6.07, 6.45) is 0.180. The van der Waals surface area contributed by atoms with Gasteiger partial charge < -0.3 is 24.4 Å². The maximum Gasteiger partial charge on any atom is 0.342 e. The van der Waals surface area contributed by atoms with Gasteiger partial charge in [0, 0.05) is 11.8 Å². The molecule has 0 bridgehead atoms. The molecule has 1 spiro atoms. The zero-order valence-corrected chi connectivity index (χ0v) is 14.5. The number of aliphatic hydroxyl groups excluding tert-OH is 2. The third-order valence-corrected chi connectivity index (χ3v) is 6.58. The van der Waals surface area contributed by atoms with Crippen molar-refractivity contribution in [2.24, 2.45) is 0 Å². The molecule has 1 aliphatic carbocycles. The Balaban J connectivity index is 1.83. The Bertz CT molecular complexity index is 621. The molecule has 1 saturated heterocycles. The van der Waals surface area contributed by atoms with Crippen LogP contribution in [-0.4, -0.2) is 59.2 Å². The molecule has 24 heavy (non-hydrogen) atoms. The number of rotatable bonds is 4. The van der Waals surface area contributed by atoms with Gasteiger partial charge in [-0.3, -0.25) is 0 Å². The fraction of sp³-hybridized carbons (Fsp3) is 0.588. The van der Waals surface area contributed by atoms with Crippen LogP contribution in [0.5, 0.6) is 11.5 Å². The second-order valence-corrected chi connectivity index (χ2v) is 7.52. The van der Waals surface area contributed by atoms with Gasteiger partial charge in [-0.15, -0.1) is 11.8 Å². The van der Waals surface area contributed by atoms with E-state index in [0.717, 1.165) is 12.8 Å². The first-order valence-electron chi connectivity index (χ1n) is 7.95. The molecule has 1 unspecified atom stereocenters. The van der Waals surface area contributed by atoms with Gasteiger partial charge in [0.2, 0.25) is 0 Å². The van der Waals surface area contributed by atoms with E-state index in [4.69, 9.17) is 14.2 Å². The highest BCUT2D eigenvalue weighted by molar-refractivity contribution is 8.01. The second kappa shape index (κ2) is 6.82. The number of esters is 1. The molecule has 3 rings (SSSR count). The van der Waals surface area contributed by atoms with Crippen LogP contribution in [0, 0.1) is 0 Å². The Morgan fingerprint density at radius 2 is 2.08 bits per heavy atom. The lowest BCUT2D eigenvalue weighted by Gasteiger charge is -2.33. The van der Waals surface area contributed by atoms with Gasteiger partial charge in [-0.25, -0.2) is 4.79 Å². The van der Waals surface area contributed by atoms with Crippen LogP contribution in [0.25, 0.3) is 0 Å². The van der Waals surface area contributed by atoms with Crippen molar-refractivity contribution in [3.63, 3.8) is 0 Å². The molecule has 0 amide bonds. The van der Waals surface area contributed by atoms with Crippen molar-refractivity contribution in [2.75, 3.05) is 20.0 Å². The normalized spacial score (nSPS) is 32.1. The largest absolute Gasteiger partial charge is 0.497 e. The zero-order chi connectivity index (χ0) is 17.3. The lowest BCUT2D eigenvalue weighted by atomic mass is 9.94. The summed E-state index contributed by atoms with van der Waals surface area (Å²) in [5, 5.41) is 20.6. The summed E-state index contributed by atoms with van der Waals surface area (Å²) in [6.45, 7) is 0. The van der Waals surface area contributed by atoms with Gasteiger partial charge in [0.15, 0.2) is 0 Å². The lowest BCUT2D eigenvalue weighted by Crippen LogP contribution is -2.48. The van der Waals surface area contributed by atoms with E-state index >= 15 is 0 Å². The summed E-state index contributed by atoms with van der Waals surface area (Å²) in [5.74, 6) is 0.803. The Hall–Kier alpha value is -1.44. The molecule has 0 radical (unpaired) electrons. The number of aliphatic hydroxyl groups is 2. The van der Waals surface area contributed by atoms with E-state index in [2.05, 4.69) is 0 Å². The number of hydrogen-bond donors (Lipinski definition) is 2. The molecule has 2 aliphatic rings. The minimum atomic E-state index is -0.782. The van der Waals surface area contributed by atoms with Crippen LogP contribution in [0.3, 0.4) is 0 Å². The predicted octanol–water partition coefficient (Wildman–Crippen LogP) is 1.62. The topological polar surface area (TPSA) is 85.2 Å². The third kappa shape index (κ3) is 2.85. The van der Waals surface area contributed by atoms with E-state index in [1.807, 2.05) is 0 Å². The predicted molar refractivity (Wildman–Crippen MR) is 89.8 cm³/mol. The van der Waals surface area contributed by atoms with E-state index in [1.165, 1.54) is 26.0 Å². The van der Waals surface area contributed by atoms with Crippen LogP contribution in [0.4, 0.5) is 0 Å². The minimum absolute atomic E-state index is 0.269. The molecule has 6 nitrogen and oxygen atoms in total. The number of thioether (sulfide) groups is 1. The summed E-state index contributed by atoms with van der Waals surface area (Å²) < 4.78 is 15.4. The van der Waals surface area contributed by atoms with Crippen molar-refractivity contribution in [2.45, 2.75) is 42.3 Å². The van der Waals surface area contributed by atoms with Gasteiger partial charge in [0.25, 0.3) is 0 Å². The van der Waals surface area contributed by atoms with Crippen molar-refractivity contribution in [1.29, 1.82) is 0 Å². The maximum absolute atomic E-state index is 12.6. The van der Waals surface area contributed by atoms with Crippen LogP contribution in [-0.2, 0) is 4.74 Å². The highest BCUT2D eigenvalue weighted by atomic mass is 32.2. The third-order valence-electron chi connectivity index (χ3n) is 4.83. The molecule has 2 N–H and O–H groups in total. The molecule has 7 heteroatoms. The number of methoxy groups -OCH3 is 2. The van der Waals surface area contributed by atoms with Gasteiger partial charge in [0.1, 0.15) is 29.3 Å². The zero-order valence-electron chi connectivity index (χ0n) is 13.7. The number of hydrogen-bond acceptors (Lipinski definition) is 7. The van der Waals surface area contributed by atoms with E-state index in [-0.39, 0.29) is 5.56 Å². The van der Waals surface area contributed by atoms with Crippen molar-refractivity contribution < 1.29 is 29.2 Å². The maximum atomic E-state index is 12.6. The molecule has 1 saturated carbocycles. The Kier molecular flexibility index (Phi) is 4.94. The van der Waals surface area contributed by atoms with Gasteiger partial charge >= 0.3 is 5.97 Å². The molecular formula is C17H22O6S. The highest BCUT2D eigenvalue weighted by Crippen LogP contribution is 2.51.